The summed E-state index contributed by atoms with van der Waals surface area (Å²) in [5.41, 5.74) is 6.75. The molecule has 0 unspecified atom stereocenters. The Balaban J connectivity index is 1.88. The third kappa shape index (κ3) is 3.89. The highest BCUT2D eigenvalue weighted by atomic mass is 16.2. The molecular weight excluding hydrogens is 328 g/mol. The van der Waals surface area contributed by atoms with E-state index in [0.717, 1.165) is 17.4 Å². The van der Waals surface area contributed by atoms with Crippen molar-refractivity contribution >= 4 is 22.7 Å². The molecule has 0 saturated heterocycles. The molecule has 1 saturated carbocycles. The van der Waals surface area contributed by atoms with Crippen LogP contribution in [-0.4, -0.2) is 27.6 Å². The van der Waals surface area contributed by atoms with Crippen molar-refractivity contribution in [2.24, 2.45) is 17.6 Å². The zero-order valence-electron chi connectivity index (χ0n) is 15.6. The van der Waals surface area contributed by atoms with E-state index in [1.807, 2.05) is 42.8 Å². The molecule has 6 nitrogen and oxygen atoms in total. The lowest BCUT2D eigenvalue weighted by molar-refractivity contribution is -0.120. The summed E-state index contributed by atoms with van der Waals surface area (Å²) < 4.78 is 1.95. The minimum absolute atomic E-state index is 0.0768. The van der Waals surface area contributed by atoms with Gasteiger partial charge < -0.3 is 11.1 Å². The van der Waals surface area contributed by atoms with Crippen LogP contribution in [0.15, 0.2) is 24.3 Å². The Labute approximate surface area is 154 Å². The van der Waals surface area contributed by atoms with Crippen LogP contribution in [0.4, 0.5) is 0 Å². The summed E-state index contributed by atoms with van der Waals surface area (Å²) in [6.07, 6.45) is 6.28. The summed E-state index contributed by atoms with van der Waals surface area (Å²) in [5, 5.41) is 8.17. The highest BCUT2D eigenvalue weighted by molar-refractivity contribution is 6.06. The minimum Gasteiger partial charge on any atom is -0.368 e. The Hall–Kier alpha value is -2.37. The summed E-state index contributed by atoms with van der Waals surface area (Å²) in [6, 6.07) is 7.06. The molecule has 1 fully saturated rings. The van der Waals surface area contributed by atoms with Crippen LogP contribution in [-0.2, 0) is 11.3 Å². The standard InChI is InChI=1S/C20H28N4O2/c1-13(2)17(19(21)25)22-20(26)18-15-10-6-7-11-16(15)24(23-18)12-14-8-4-3-5-9-14/h6-7,10-11,13-14,17H,3-5,8-9,12H2,1-2H3,(H2,21,25)(H,22,26)/t17-/m1/s1. The van der Waals surface area contributed by atoms with Gasteiger partial charge in [0, 0.05) is 11.9 Å². The topological polar surface area (TPSA) is 90.0 Å². The number of carbonyl (C=O) groups excluding carboxylic acids is 2. The molecular formula is C20H28N4O2. The second-order valence-corrected chi connectivity index (χ2v) is 7.65. The zero-order valence-corrected chi connectivity index (χ0v) is 15.6. The molecule has 0 aliphatic heterocycles. The van der Waals surface area contributed by atoms with E-state index in [1.54, 1.807) is 0 Å². The number of hydrogen-bond acceptors (Lipinski definition) is 3. The Morgan fingerprint density at radius 1 is 1.23 bits per heavy atom. The Morgan fingerprint density at radius 2 is 1.92 bits per heavy atom. The minimum atomic E-state index is -0.704. The molecule has 1 aliphatic rings. The number of nitrogens with one attached hydrogen (secondary N) is 1. The van der Waals surface area contributed by atoms with E-state index in [1.165, 1.54) is 32.1 Å². The maximum Gasteiger partial charge on any atom is 0.273 e. The van der Waals surface area contributed by atoms with Gasteiger partial charge in [0.25, 0.3) is 5.91 Å². The lowest BCUT2D eigenvalue weighted by Crippen LogP contribution is -2.47. The largest absolute Gasteiger partial charge is 0.368 e. The average Bonchev–Trinajstić information content (AvgIpc) is 2.99. The quantitative estimate of drug-likeness (QED) is 0.834. The molecule has 1 atom stereocenters. The highest BCUT2D eigenvalue weighted by Gasteiger charge is 2.26. The summed E-state index contributed by atoms with van der Waals surface area (Å²) in [5.74, 6) is -0.343. The highest BCUT2D eigenvalue weighted by Crippen LogP contribution is 2.27. The number of primary amides is 1. The summed E-state index contributed by atoms with van der Waals surface area (Å²) >= 11 is 0. The molecule has 2 aromatic rings. The normalized spacial score (nSPS) is 16.7. The predicted octanol–water partition coefficient (Wildman–Crippen LogP) is 2.86. The number of rotatable bonds is 6. The maximum absolute atomic E-state index is 12.8. The number of fused-ring (bicyclic) bond motifs is 1. The van der Waals surface area contributed by atoms with E-state index in [0.29, 0.717) is 11.6 Å². The van der Waals surface area contributed by atoms with Crippen LogP contribution in [0, 0.1) is 11.8 Å². The van der Waals surface area contributed by atoms with E-state index in [2.05, 4.69) is 10.4 Å². The average molecular weight is 356 g/mol. The molecule has 0 radical (unpaired) electrons. The zero-order chi connectivity index (χ0) is 18.7. The second-order valence-electron chi connectivity index (χ2n) is 7.65. The van der Waals surface area contributed by atoms with Gasteiger partial charge in [0.1, 0.15) is 6.04 Å². The maximum atomic E-state index is 12.8. The molecule has 1 heterocycles. The Morgan fingerprint density at radius 3 is 2.58 bits per heavy atom. The SMILES string of the molecule is CC(C)[C@@H](NC(=O)c1nn(CC2CCCCC2)c2ccccc12)C(N)=O. The van der Waals surface area contributed by atoms with Crippen LogP contribution in [0.5, 0.6) is 0 Å². The van der Waals surface area contributed by atoms with E-state index in [9.17, 15) is 9.59 Å². The number of hydrogen-bond donors (Lipinski definition) is 2. The van der Waals surface area contributed by atoms with Gasteiger partial charge in [-0.1, -0.05) is 51.3 Å². The van der Waals surface area contributed by atoms with Gasteiger partial charge in [0.05, 0.1) is 5.52 Å². The number of amides is 2. The number of carbonyl (C=O) groups is 2. The van der Waals surface area contributed by atoms with Crippen LogP contribution < -0.4 is 11.1 Å². The first-order chi connectivity index (χ1) is 12.5. The first-order valence-corrected chi connectivity index (χ1v) is 9.53. The number of para-hydroxylation sites is 1. The molecule has 3 rings (SSSR count). The predicted molar refractivity (Wildman–Crippen MR) is 102 cm³/mol. The van der Waals surface area contributed by atoms with Crippen LogP contribution >= 0.6 is 0 Å². The fourth-order valence-corrected chi connectivity index (χ4v) is 3.82. The lowest BCUT2D eigenvalue weighted by Gasteiger charge is -2.21. The van der Waals surface area contributed by atoms with Crippen molar-refractivity contribution in [1.82, 2.24) is 15.1 Å². The monoisotopic (exact) mass is 356 g/mol. The number of nitrogens with two attached hydrogens (primary N) is 1. The van der Waals surface area contributed by atoms with E-state index >= 15 is 0 Å². The Kier molecular flexibility index (Phi) is 5.59. The van der Waals surface area contributed by atoms with Crippen molar-refractivity contribution in [3.63, 3.8) is 0 Å². The second kappa shape index (κ2) is 7.89. The van der Waals surface area contributed by atoms with E-state index in [4.69, 9.17) is 5.73 Å². The molecule has 140 valence electrons. The van der Waals surface area contributed by atoms with Crippen LogP contribution in [0.1, 0.15) is 56.4 Å². The van der Waals surface area contributed by atoms with Gasteiger partial charge in [-0.25, -0.2) is 0 Å². The molecule has 1 aliphatic carbocycles. The van der Waals surface area contributed by atoms with Crippen LogP contribution in [0.25, 0.3) is 10.9 Å². The van der Waals surface area contributed by atoms with Gasteiger partial charge in [0.15, 0.2) is 5.69 Å². The Bertz CT molecular complexity index is 790. The lowest BCUT2D eigenvalue weighted by atomic mass is 9.89. The van der Waals surface area contributed by atoms with Crippen molar-refractivity contribution in [1.29, 1.82) is 0 Å². The van der Waals surface area contributed by atoms with Gasteiger partial charge in [-0.05, 0) is 30.7 Å². The smallest absolute Gasteiger partial charge is 0.273 e. The van der Waals surface area contributed by atoms with Crippen molar-refractivity contribution in [2.75, 3.05) is 0 Å². The van der Waals surface area contributed by atoms with Gasteiger partial charge >= 0.3 is 0 Å². The fraction of sp³-hybridized carbons (Fsp3) is 0.550. The molecule has 0 spiro atoms. The molecule has 1 aromatic heterocycles. The molecule has 3 N–H and O–H groups in total. The number of aromatic nitrogens is 2. The van der Waals surface area contributed by atoms with Crippen molar-refractivity contribution in [2.45, 2.75) is 58.5 Å². The van der Waals surface area contributed by atoms with Gasteiger partial charge in [-0.3, -0.25) is 14.3 Å². The van der Waals surface area contributed by atoms with Crippen molar-refractivity contribution < 1.29 is 9.59 Å². The summed E-state index contributed by atoms with van der Waals surface area (Å²) in [6.45, 7) is 4.54. The number of benzene rings is 1. The molecule has 0 bridgehead atoms. The molecule has 26 heavy (non-hydrogen) atoms. The van der Waals surface area contributed by atoms with E-state index in [-0.39, 0.29) is 11.8 Å². The van der Waals surface area contributed by atoms with Crippen LogP contribution in [0.2, 0.25) is 0 Å². The van der Waals surface area contributed by atoms with Gasteiger partial charge in [-0.2, -0.15) is 5.10 Å². The number of nitrogens with zero attached hydrogens (tertiary/aromatic N) is 2. The third-order valence-electron chi connectivity index (χ3n) is 5.29. The van der Waals surface area contributed by atoms with Crippen molar-refractivity contribution in [3.8, 4) is 0 Å². The van der Waals surface area contributed by atoms with E-state index < -0.39 is 11.9 Å². The molecule has 2 amide bonds. The first-order valence-electron chi connectivity index (χ1n) is 9.53. The summed E-state index contributed by atoms with van der Waals surface area (Å²) in [7, 11) is 0. The van der Waals surface area contributed by atoms with Crippen LogP contribution in [0.3, 0.4) is 0 Å². The third-order valence-corrected chi connectivity index (χ3v) is 5.29. The summed E-state index contributed by atoms with van der Waals surface area (Å²) in [4.78, 5) is 24.4. The van der Waals surface area contributed by atoms with Crippen molar-refractivity contribution in [3.05, 3.63) is 30.0 Å². The molecule has 1 aromatic carbocycles. The first kappa shape index (κ1) is 18.4. The molecule has 6 heteroatoms. The van der Waals surface area contributed by atoms with Gasteiger partial charge in [0.2, 0.25) is 5.91 Å². The van der Waals surface area contributed by atoms with Gasteiger partial charge in [-0.15, -0.1) is 0 Å². The fourth-order valence-electron chi connectivity index (χ4n) is 3.82.